The lowest BCUT2D eigenvalue weighted by Crippen LogP contribution is -2.22. The molecule has 2 heterocycles. The van der Waals surface area contributed by atoms with Crippen LogP contribution in [-0.2, 0) is 4.74 Å². The summed E-state index contributed by atoms with van der Waals surface area (Å²) in [4.78, 5) is 1.23. The monoisotopic (exact) mass is 247 g/mol. The van der Waals surface area contributed by atoms with Crippen LogP contribution in [0.2, 0.25) is 0 Å². The van der Waals surface area contributed by atoms with Crippen molar-refractivity contribution in [3.8, 4) is 0 Å². The second-order valence-electron chi connectivity index (χ2n) is 2.89. The maximum absolute atomic E-state index is 5.89. The topological polar surface area (TPSA) is 35.2 Å². The van der Waals surface area contributed by atoms with Crippen molar-refractivity contribution in [3.63, 3.8) is 0 Å². The van der Waals surface area contributed by atoms with E-state index in [0.29, 0.717) is 0 Å². The van der Waals surface area contributed by atoms with Gasteiger partial charge in [0.05, 0.1) is 3.79 Å². The van der Waals surface area contributed by atoms with Crippen LogP contribution in [0.3, 0.4) is 0 Å². The molecule has 0 spiro atoms. The first-order valence-corrected chi connectivity index (χ1v) is 5.51. The van der Waals surface area contributed by atoms with E-state index in [1.54, 1.807) is 11.3 Å². The Labute approximate surface area is 83.8 Å². The molecule has 1 aromatic rings. The zero-order valence-electron chi connectivity index (χ0n) is 6.50. The largest absolute Gasteiger partial charge is 0.371 e. The number of hydrogen-bond donors (Lipinski definition) is 1. The second-order valence-corrected chi connectivity index (χ2v) is 5.38. The Morgan fingerprint density at radius 2 is 2.42 bits per heavy atom. The van der Waals surface area contributed by atoms with E-state index in [0.717, 1.165) is 16.8 Å². The first-order chi connectivity index (χ1) is 5.77. The van der Waals surface area contributed by atoms with E-state index in [9.17, 15) is 0 Å². The Kier molecular flexibility index (Phi) is 2.50. The molecular weight excluding hydrogens is 238 g/mol. The predicted molar refractivity (Wildman–Crippen MR) is 53.3 cm³/mol. The fourth-order valence-electron chi connectivity index (χ4n) is 1.38. The Morgan fingerprint density at radius 1 is 1.58 bits per heavy atom. The fraction of sp³-hybridized carbons (Fsp3) is 0.500. The molecule has 66 valence electrons. The first kappa shape index (κ1) is 8.69. The zero-order valence-corrected chi connectivity index (χ0v) is 8.90. The quantitative estimate of drug-likeness (QED) is 0.827. The van der Waals surface area contributed by atoms with E-state index in [4.69, 9.17) is 10.5 Å². The Morgan fingerprint density at radius 3 is 2.92 bits per heavy atom. The van der Waals surface area contributed by atoms with Crippen LogP contribution in [-0.4, -0.2) is 12.6 Å². The van der Waals surface area contributed by atoms with Crippen LogP contribution in [0.4, 0.5) is 0 Å². The summed E-state index contributed by atoms with van der Waals surface area (Å²) in [5.41, 5.74) is 5.89. The van der Waals surface area contributed by atoms with Gasteiger partial charge in [0.2, 0.25) is 0 Å². The summed E-state index contributed by atoms with van der Waals surface area (Å²) < 4.78 is 6.67. The molecule has 0 radical (unpaired) electrons. The van der Waals surface area contributed by atoms with Crippen molar-refractivity contribution in [3.05, 3.63) is 20.8 Å². The molecule has 4 heteroatoms. The Bertz CT molecular complexity index is 276. The number of hydrogen-bond acceptors (Lipinski definition) is 3. The fourth-order valence-corrected chi connectivity index (χ4v) is 2.93. The lowest BCUT2D eigenvalue weighted by atomic mass is 10.1. The van der Waals surface area contributed by atoms with Crippen molar-refractivity contribution in [1.29, 1.82) is 0 Å². The molecule has 0 bridgehead atoms. The standard InChI is InChI=1S/C8H10BrNOS/c9-7-2-1-6(12-7)8-5(10)3-4-11-8/h1-2,5,8H,3-4,10H2. The maximum atomic E-state index is 5.89. The Hall–Kier alpha value is 0.1000. The van der Waals surface area contributed by atoms with Crippen LogP contribution in [0.1, 0.15) is 17.4 Å². The highest BCUT2D eigenvalue weighted by atomic mass is 79.9. The van der Waals surface area contributed by atoms with Gasteiger partial charge in [-0.05, 0) is 34.5 Å². The number of ether oxygens (including phenoxy) is 1. The third-order valence-corrected chi connectivity index (χ3v) is 3.70. The van der Waals surface area contributed by atoms with Crippen LogP contribution in [0.25, 0.3) is 0 Å². The summed E-state index contributed by atoms with van der Waals surface area (Å²) in [5.74, 6) is 0. The lowest BCUT2D eigenvalue weighted by molar-refractivity contribution is 0.108. The van der Waals surface area contributed by atoms with E-state index in [2.05, 4.69) is 22.0 Å². The smallest absolute Gasteiger partial charge is 0.107 e. The molecule has 2 unspecified atom stereocenters. The van der Waals surface area contributed by atoms with E-state index in [1.165, 1.54) is 4.88 Å². The third kappa shape index (κ3) is 1.57. The van der Waals surface area contributed by atoms with Gasteiger partial charge in [0.15, 0.2) is 0 Å². The molecule has 1 fully saturated rings. The van der Waals surface area contributed by atoms with Crippen molar-refractivity contribution in [2.75, 3.05) is 6.61 Å². The molecule has 1 aromatic heterocycles. The van der Waals surface area contributed by atoms with Gasteiger partial charge in [0, 0.05) is 17.5 Å². The summed E-state index contributed by atoms with van der Waals surface area (Å²) in [7, 11) is 0. The van der Waals surface area contributed by atoms with Crippen molar-refractivity contribution in [1.82, 2.24) is 0 Å². The third-order valence-electron chi connectivity index (χ3n) is 2.01. The highest BCUT2D eigenvalue weighted by molar-refractivity contribution is 9.11. The number of thiophene rings is 1. The highest BCUT2D eigenvalue weighted by Crippen LogP contribution is 2.34. The van der Waals surface area contributed by atoms with E-state index >= 15 is 0 Å². The van der Waals surface area contributed by atoms with E-state index in [-0.39, 0.29) is 12.1 Å². The van der Waals surface area contributed by atoms with Crippen LogP contribution in [0.5, 0.6) is 0 Å². The lowest BCUT2D eigenvalue weighted by Gasteiger charge is -2.11. The van der Waals surface area contributed by atoms with E-state index in [1.807, 2.05) is 6.07 Å². The molecule has 12 heavy (non-hydrogen) atoms. The normalized spacial score (nSPS) is 29.5. The molecule has 0 saturated carbocycles. The summed E-state index contributed by atoms with van der Waals surface area (Å²) >= 11 is 5.12. The van der Waals surface area contributed by atoms with Crippen molar-refractivity contribution in [2.45, 2.75) is 18.6 Å². The maximum Gasteiger partial charge on any atom is 0.107 e. The number of halogens is 1. The minimum absolute atomic E-state index is 0.126. The molecule has 0 aromatic carbocycles. The van der Waals surface area contributed by atoms with Gasteiger partial charge in [-0.1, -0.05) is 0 Å². The van der Waals surface area contributed by atoms with Crippen LogP contribution < -0.4 is 5.73 Å². The minimum Gasteiger partial charge on any atom is -0.371 e. The van der Waals surface area contributed by atoms with Crippen molar-refractivity contribution < 1.29 is 4.74 Å². The van der Waals surface area contributed by atoms with Gasteiger partial charge in [0.25, 0.3) is 0 Å². The molecule has 1 aliphatic heterocycles. The van der Waals surface area contributed by atoms with Gasteiger partial charge in [-0.3, -0.25) is 0 Å². The average Bonchev–Trinajstić information content (AvgIpc) is 2.58. The van der Waals surface area contributed by atoms with Gasteiger partial charge >= 0.3 is 0 Å². The molecule has 2 N–H and O–H groups in total. The van der Waals surface area contributed by atoms with E-state index < -0.39 is 0 Å². The number of rotatable bonds is 1. The van der Waals surface area contributed by atoms with Gasteiger partial charge in [0.1, 0.15) is 6.10 Å². The molecule has 2 nitrogen and oxygen atoms in total. The second kappa shape index (κ2) is 3.46. The molecule has 1 saturated heterocycles. The van der Waals surface area contributed by atoms with Gasteiger partial charge < -0.3 is 10.5 Å². The van der Waals surface area contributed by atoms with Crippen LogP contribution in [0.15, 0.2) is 15.9 Å². The summed E-state index contributed by atoms with van der Waals surface area (Å²) in [5, 5.41) is 0. The predicted octanol–water partition coefficient (Wildman–Crippen LogP) is 2.30. The van der Waals surface area contributed by atoms with Crippen molar-refractivity contribution >= 4 is 27.3 Å². The van der Waals surface area contributed by atoms with Gasteiger partial charge in [-0.25, -0.2) is 0 Å². The molecular formula is C8H10BrNOS. The average molecular weight is 248 g/mol. The molecule has 0 amide bonds. The zero-order chi connectivity index (χ0) is 8.55. The van der Waals surface area contributed by atoms with Gasteiger partial charge in [-0.2, -0.15) is 0 Å². The molecule has 0 aliphatic carbocycles. The summed E-state index contributed by atoms with van der Waals surface area (Å²) in [6, 6.07) is 4.29. The van der Waals surface area contributed by atoms with Crippen LogP contribution in [0, 0.1) is 0 Å². The van der Waals surface area contributed by atoms with Gasteiger partial charge in [-0.15, -0.1) is 11.3 Å². The molecule has 2 atom stereocenters. The van der Waals surface area contributed by atoms with Crippen molar-refractivity contribution in [2.24, 2.45) is 5.73 Å². The van der Waals surface area contributed by atoms with Crippen LogP contribution >= 0.6 is 27.3 Å². The highest BCUT2D eigenvalue weighted by Gasteiger charge is 2.27. The molecule has 1 aliphatic rings. The molecule has 2 rings (SSSR count). The Balaban J connectivity index is 2.19. The SMILES string of the molecule is NC1CCOC1c1ccc(Br)s1. The summed E-state index contributed by atoms with van der Waals surface area (Å²) in [6.45, 7) is 0.793. The minimum atomic E-state index is 0.126. The number of nitrogens with two attached hydrogens (primary N) is 1. The summed E-state index contributed by atoms with van der Waals surface area (Å²) in [6.07, 6.45) is 1.10. The first-order valence-electron chi connectivity index (χ1n) is 3.90.